The first kappa shape index (κ1) is 45.8. The Morgan fingerprint density at radius 3 is 0.567 bits per heavy atom. The van der Waals surface area contributed by atoms with Crippen LogP contribution in [0.4, 0.5) is 87.8 Å². The second kappa shape index (κ2) is 17.0. The van der Waals surface area contributed by atoms with E-state index in [2.05, 4.69) is 62.4 Å². The number of hydrogen-bond donors (Lipinski definition) is 0. The minimum atomic E-state index is -7.22. The normalized spacial score (nSPS) is 11.6. The summed E-state index contributed by atoms with van der Waals surface area (Å²) in [5.74, 6) is -71.4. The fraction of sp³-hybridized carbons (Fsp3) is 0.0526. The zero-order chi connectivity index (χ0) is 45.0. The summed E-state index contributed by atoms with van der Waals surface area (Å²) in [6, 6.07) is 17.8. The van der Waals surface area contributed by atoms with Crippen LogP contribution in [0, 0.1) is 137 Å². The number of aryl methyl sites for hydroxylation is 2. The van der Waals surface area contributed by atoms with E-state index in [-0.39, 0.29) is 21.2 Å². The van der Waals surface area contributed by atoms with E-state index in [4.69, 9.17) is 0 Å². The van der Waals surface area contributed by atoms with Crippen LogP contribution >= 0.6 is 0 Å². The topological polar surface area (TPSA) is 0 Å². The predicted molar refractivity (Wildman–Crippen MR) is 169 cm³/mol. The van der Waals surface area contributed by atoms with Crippen LogP contribution < -0.4 is 43.1 Å². The molecule has 0 nitrogen and oxygen atoms in total. The molecule has 0 aliphatic carbocycles. The summed E-state index contributed by atoms with van der Waals surface area (Å²) >= 11 is 0.00313. The monoisotopic (exact) mass is 988 g/mol. The van der Waals surface area contributed by atoms with Crippen LogP contribution in [0.5, 0.6) is 0 Å². The zero-order valence-corrected chi connectivity index (χ0v) is 31.3. The standard InChI is InChI=1S/C24BF20.C14H14I/c26-5-1(6(27)14(35)21(42)13(5)34)25(2-7(28)15(36)22(43)16(37)8(2)29,3-9(30)17(38)23(44)18(39)10(3)31)4-11(32)19(40)24(45)20(41)12(4)33;1-11-3-7-13(8-4-11)15-14-9-5-12(2)6-10-14/h;3-10H,1-2H3/q2*-1. The molecule has 318 valence electrons. The molecule has 0 heterocycles. The molecule has 0 unspecified atom stereocenters. The van der Waals surface area contributed by atoms with Crippen molar-refractivity contribution in [3.63, 3.8) is 0 Å². The van der Waals surface area contributed by atoms with E-state index in [9.17, 15) is 52.7 Å². The van der Waals surface area contributed by atoms with Gasteiger partial charge in [-0.05, 0) is 0 Å². The van der Waals surface area contributed by atoms with Crippen LogP contribution in [0.25, 0.3) is 0 Å². The fourth-order valence-corrected chi connectivity index (χ4v) is 8.35. The smallest absolute Gasteiger partial charge is 0.200 e. The van der Waals surface area contributed by atoms with E-state index >= 15 is 35.1 Å². The second-order valence-electron chi connectivity index (χ2n) is 12.5. The van der Waals surface area contributed by atoms with Gasteiger partial charge in [0.05, 0.1) is 0 Å². The Kier molecular flexibility index (Phi) is 13.0. The Balaban J connectivity index is 0.000000379. The predicted octanol–water partition coefficient (Wildman–Crippen LogP) is 6.28. The molecule has 6 aromatic carbocycles. The van der Waals surface area contributed by atoms with Crippen molar-refractivity contribution in [3.05, 3.63) is 183 Å². The molecule has 0 saturated heterocycles. The molecule has 6 aromatic rings. The molecule has 0 spiro atoms. The summed E-state index contributed by atoms with van der Waals surface area (Å²) in [6.07, 6.45) is -7.22. The van der Waals surface area contributed by atoms with E-state index in [1.807, 2.05) is 0 Å². The summed E-state index contributed by atoms with van der Waals surface area (Å²) in [6.45, 7) is 4.27. The Labute approximate surface area is 333 Å². The Hall–Kier alpha value is -5.29. The van der Waals surface area contributed by atoms with Gasteiger partial charge in [-0.1, -0.05) is 0 Å². The quantitative estimate of drug-likeness (QED) is 0.0608. The van der Waals surface area contributed by atoms with Crippen molar-refractivity contribution in [2.75, 3.05) is 0 Å². The molecule has 0 amide bonds. The van der Waals surface area contributed by atoms with E-state index in [1.54, 1.807) is 0 Å². The number of halogens is 21. The second-order valence-corrected chi connectivity index (χ2v) is 15.5. The minimum Gasteiger partial charge on any atom is -0.207 e. The summed E-state index contributed by atoms with van der Waals surface area (Å²) < 4.78 is 297. The average molecular weight is 988 g/mol. The summed E-state index contributed by atoms with van der Waals surface area (Å²) in [5, 5.41) is 0. The van der Waals surface area contributed by atoms with Gasteiger partial charge in [-0.15, -0.1) is 21.9 Å². The molecule has 0 aliphatic heterocycles. The number of hydrogen-bond acceptors (Lipinski definition) is 0. The van der Waals surface area contributed by atoms with Crippen LogP contribution in [-0.2, 0) is 0 Å². The largest absolute Gasteiger partial charge is 0.207 e. The van der Waals surface area contributed by atoms with Crippen LogP contribution in [0.15, 0.2) is 48.5 Å². The summed E-state index contributed by atoms with van der Waals surface area (Å²) in [5.41, 5.74) is -11.7. The van der Waals surface area contributed by atoms with Gasteiger partial charge in [0.25, 0.3) is 0 Å². The van der Waals surface area contributed by atoms with Crippen molar-refractivity contribution in [1.29, 1.82) is 0 Å². The van der Waals surface area contributed by atoms with E-state index < -0.39 is 144 Å². The molecule has 0 bridgehead atoms. The minimum absolute atomic E-state index is 0.00313. The van der Waals surface area contributed by atoms with Gasteiger partial charge in [0.2, 0.25) is 0 Å². The van der Waals surface area contributed by atoms with Crippen LogP contribution in [0.2, 0.25) is 0 Å². The van der Waals surface area contributed by atoms with E-state index in [1.165, 1.54) is 18.3 Å². The molecule has 0 saturated carbocycles. The van der Waals surface area contributed by atoms with Crippen molar-refractivity contribution < 1.29 is 109 Å². The molecule has 0 aromatic heterocycles. The molecule has 0 aliphatic rings. The number of rotatable bonds is 6. The molecule has 0 N–H and O–H groups in total. The van der Waals surface area contributed by atoms with Gasteiger partial charge in [0, 0.05) is 0 Å². The van der Waals surface area contributed by atoms with Gasteiger partial charge in [0.15, 0.2) is 69.8 Å². The average Bonchev–Trinajstić information content (AvgIpc) is 3.22. The maximum Gasteiger partial charge on any atom is 0.200 e. The zero-order valence-electron chi connectivity index (χ0n) is 29.1. The van der Waals surface area contributed by atoms with Crippen molar-refractivity contribution in [2.45, 2.75) is 13.8 Å². The maximum absolute atomic E-state index is 15.4. The SMILES string of the molecule is Cc1ccc([I-]c2ccc(C)cc2)cc1.Fc1c(F)c(F)c([B-](c2c(F)c(F)c(F)c(F)c2F)(c2c(F)c(F)c(F)c(F)c2F)c2c(F)c(F)c(F)c(F)c2F)c(F)c1F. The van der Waals surface area contributed by atoms with Gasteiger partial charge < -0.3 is 0 Å². The van der Waals surface area contributed by atoms with Gasteiger partial charge in [-0.2, -0.15) is 0 Å². The van der Waals surface area contributed by atoms with Crippen LogP contribution in [0.1, 0.15) is 11.1 Å². The molecule has 0 radical (unpaired) electrons. The third-order valence-electron chi connectivity index (χ3n) is 8.95. The Morgan fingerprint density at radius 1 is 0.250 bits per heavy atom. The molecule has 60 heavy (non-hydrogen) atoms. The first-order valence-electron chi connectivity index (χ1n) is 16.0. The van der Waals surface area contributed by atoms with Crippen molar-refractivity contribution in [1.82, 2.24) is 0 Å². The fourth-order valence-electron chi connectivity index (χ4n) is 6.19. The van der Waals surface area contributed by atoms with E-state index in [0.29, 0.717) is 0 Å². The molecular formula is C38H14BF20I-2. The molecular weight excluding hydrogens is 974 g/mol. The summed E-state index contributed by atoms with van der Waals surface area (Å²) in [4.78, 5) is 0. The molecule has 22 heteroatoms. The molecule has 0 atom stereocenters. The Morgan fingerprint density at radius 2 is 0.400 bits per heavy atom. The van der Waals surface area contributed by atoms with Crippen molar-refractivity contribution in [3.8, 4) is 0 Å². The van der Waals surface area contributed by atoms with Gasteiger partial charge >= 0.3 is 102 Å². The van der Waals surface area contributed by atoms with Crippen LogP contribution in [0.3, 0.4) is 0 Å². The third kappa shape index (κ3) is 7.33. The van der Waals surface area contributed by atoms with Gasteiger partial charge in [-0.25, -0.2) is 87.8 Å². The third-order valence-corrected chi connectivity index (χ3v) is 11.6. The van der Waals surface area contributed by atoms with E-state index in [0.717, 1.165) is 0 Å². The first-order valence-corrected chi connectivity index (χ1v) is 18.1. The van der Waals surface area contributed by atoms with Crippen molar-refractivity contribution >= 4 is 28.0 Å². The van der Waals surface area contributed by atoms with Gasteiger partial charge in [0.1, 0.15) is 52.7 Å². The van der Waals surface area contributed by atoms with Crippen LogP contribution in [-0.4, -0.2) is 6.15 Å². The molecule has 0 fully saturated rings. The maximum atomic E-state index is 15.4. The van der Waals surface area contributed by atoms with Gasteiger partial charge in [-0.3, -0.25) is 0 Å². The summed E-state index contributed by atoms with van der Waals surface area (Å²) in [7, 11) is 0. The number of benzene rings is 6. The first-order chi connectivity index (χ1) is 27.9. The van der Waals surface area contributed by atoms with Crippen molar-refractivity contribution in [2.24, 2.45) is 0 Å². The molecule has 6 rings (SSSR count). The Bertz CT molecular complexity index is 2260.